The lowest BCUT2D eigenvalue weighted by atomic mass is 10.1. The molecule has 1 aromatic heterocycles. The fourth-order valence-corrected chi connectivity index (χ4v) is 3.24. The third kappa shape index (κ3) is 3.67. The molecule has 1 N–H and O–H groups in total. The molecular formula is C18H21N3O4. The Morgan fingerprint density at radius 2 is 2.04 bits per heavy atom. The summed E-state index contributed by atoms with van der Waals surface area (Å²) < 4.78 is 17.1. The monoisotopic (exact) mass is 343 g/mol. The van der Waals surface area contributed by atoms with Crippen molar-refractivity contribution >= 4 is 0 Å². The standard InChI is InChI=1S/C18H21N3O4/c1-12-19-14(9-18(22)20-12)17-11-21(4-5-23-17)10-13-2-3-15-16(8-13)25-7-6-24-15/h2-3,8-9,17H,4-7,10-11H2,1H3,(H,19,20,22). The zero-order chi connectivity index (χ0) is 17.2. The summed E-state index contributed by atoms with van der Waals surface area (Å²) in [5.41, 5.74) is 1.71. The van der Waals surface area contributed by atoms with E-state index in [1.165, 1.54) is 11.6 Å². The molecule has 7 heteroatoms. The average molecular weight is 343 g/mol. The minimum Gasteiger partial charge on any atom is -0.486 e. The lowest BCUT2D eigenvalue weighted by molar-refractivity contribution is -0.0352. The fourth-order valence-electron chi connectivity index (χ4n) is 3.24. The number of H-pyrrole nitrogens is 1. The van der Waals surface area contributed by atoms with E-state index in [0.717, 1.165) is 24.6 Å². The van der Waals surface area contributed by atoms with Crippen LogP contribution in [-0.4, -0.2) is 47.8 Å². The molecule has 7 nitrogen and oxygen atoms in total. The van der Waals surface area contributed by atoms with Gasteiger partial charge in [-0.3, -0.25) is 9.69 Å². The Bertz CT molecular complexity index is 820. The molecule has 1 aromatic carbocycles. The molecule has 1 fully saturated rings. The summed E-state index contributed by atoms with van der Waals surface area (Å²) >= 11 is 0. The van der Waals surface area contributed by atoms with Crippen LogP contribution in [0.3, 0.4) is 0 Å². The van der Waals surface area contributed by atoms with Gasteiger partial charge in [0.1, 0.15) is 25.1 Å². The maximum Gasteiger partial charge on any atom is 0.251 e. The summed E-state index contributed by atoms with van der Waals surface area (Å²) in [5, 5.41) is 0. The number of aryl methyl sites for hydroxylation is 1. The van der Waals surface area contributed by atoms with Gasteiger partial charge in [-0.15, -0.1) is 0 Å². The van der Waals surface area contributed by atoms with Gasteiger partial charge in [-0.25, -0.2) is 4.98 Å². The molecule has 2 aliphatic rings. The molecular weight excluding hydrogens is 322 g/mol. The van der Waals surface area contributed by atoms with Crippen LogP contribution in [0.25, 0.3) is 0 Å². The number of aromatic amines is 1. The number of fused-ring (bicyclic) bond motifs is 1. The summed E-state index contributed by atoms with van der Waals surface area (Å²) in [7, 11) is 0. The van der Waals surface area contributed by atoms with Crippen molar-refractivity contribution < 1.29 is 14.2 Å². The Kier molecular flexibility index (Phi) is 4.42. The minimum absolute atomic E-state index is 0.143. The number of nitrogens with one attached hydrogen (secondary N) is 1. The highest BCUT2D eigenvalue weighted by molar-refractivity contribution is 5.43. The van der Waals surface area contributed by atoms with Gasteiger partial charge in [0.05, 0.1) is 12.3 Å². The van der Waals surface area contributed by atoms with Gasteiger partial charge in [0.25, 0.3) is 5.56 Å². The lowest BCUT2D eigenvalue weighted by Crippen LogP contribution is -2.38. The number of nitrogens with zero attached hydrogens (tertiary/aromatic N) is 2. The van der Waals surface area contributed by atoms with E-state index in [1.54, 1.807) is 6.92 Å². The van der Waals surface area contributed by atoms with Crippen LogP contribution < -0.4 is 15.0 Å². The van der Waals surface area contributed by atoms with E-state index >= 15 is 0 Å². The predicted octanol–water partition coefficient (Wildman–Crippen LogP) is 1.42. The van der Waals surface area contributed by atoms with Crippen LogP contribution in [0, 0.1) is 6.92 Å². The Labute approximate surface area is 145 Å². The van der Waals surface area contributed by atoms with Gasteiger partial charge in [-0.1, -0.05) is 6.07 Å². The summed E-state index contributed by atoms with van der Waals surface area (Å²) in [6, 6.07) is 7.58. The minimum atomic E-state index is -0.188. The van der Waals surface area contributed by atoms with Gasteiger partial charge in [-0.05, 0) is 24.6 Å². The first kappa shape index (κ1) is 16.1. The van der Waals surface area contributed by atoms with Gasteiger partial charge in [-0.2, -0.15) is 0 Å². The Balaban J connectivity index is 1.47. The molecule has 0 spiro atoms. The normalized spacial score (nSPS) is 20.4. The SMILES string of the molecule is Cc1nc(C2CN(Cc3ccc4c(c3)OCCO4)CCO2)cc(=O)[nH]1. The maximum absolute atomic E-state index is 11.7. The number of morpholine rings is 1. The molecule has 1 atom stereocenters. The third-order valence-corrected chi connectivity index (χ3v) is 4.37. The molecule has 1 unspecified atom stereocenters. The maximum atomic E-state index is 11.7. The zero-order valence-electron chi connectivity index (χ0n) is 14.2. The number of aromatic nitrogens is 2. The van der Waals surface area contributed by atoms with Gasteiger partial charge >= 0.3 is 0 Å². The fraction of sp³-hybridized carbons (Fsp3) is 0.444. The molecule has 1 saturated heterocycles. The molecule has 25 heavy (non-hydrogen) atoms. The third-order valence-electron chi connectivity index (χ3n) is 4.37. The topological polar surface area (TPSA) is 76.7 Å². The molecule has 132 valence electrons. The average Bonchev–Trinajstić information content (AvgIpc) is 2.61. The summed E-state index contributed by atoms with van der Waals surface area (Å²) in [6.45, 7) is 5.91. The van der Waals surface area contributed by atoms with Crippen molar-refractivity contribution in [2.24, 2.45) is 0 Å². The molecule has 0 aliphatic carbocycles. The Morgan fingerprint density at radius 3 is 2.88 bits per heavy atom. The highest BCUT2D eigenvalue weighted by Crippen LogP contribution is 2.31. The first-order valence-electron chi connectivity index (χ1n) is 8.48. The second-order valence-corrected chi connectivity index (χ2v) is 6.33. The molecule has 0 bridgehead atoms. The van der Waals surface area contributed by atoms with Crippen LogP contribution in [0.1, 0.15) is 23.2 Å². The smallest absolute Gasteiger partial charge is 0.251 e. The second-order valence-electron chi connectivity index (χ2n) is 6.33. The van der Waals surface area contributed by atoms with Crippen LogP contribution in [0.5, 0.6) is 11.5 Å². The summed E-state index contributed by atoms with van der Waals surface area (Å²) in [6.07, 6.45) is -0.188. The van der Waals surface area contributed by atoms with E-state index in [0.29, 0.717) is 37.9 Å². The van der Waals surface area contributed by atoms with Crippen LogP contribution in [0.15, 0.2) is 29.1 Å². The van der Waals surface area contributed by atoms with E-state index in [9.17, 15) is 4.79 Å². The van der Waals surface area contributed by atoms with Crippen LogP contribution in [-0.2, 0) is 11.3 Å². The first-order chi connectivity index (χ1) is 12.2. The highest BCUT2D eigenvalue weighted by atomic mass is 16.6. The van der Waals surface area contributed by atoms with Crippen LogP contribution in [0.2, 0.25) is 0 Å². The van der Waals surface area contributed by atoms with E-state index in [2.05, 4.69) is 20.9 Å². The number of ether oxygens (including phenoxy) is 3. The van der Waals surface area contributed by atoms with E-state index < -0.39 is 0 Å². The molecule has 0 saturated carbocycles. The number of hydrogen-bond donors (Lipinski definition) is 1. The first-order valence-corrected chi connectivity index (χ1v) is 8.48. The van der Waals surface area contributed by atoms with Gasteiger partial charge in [0.15, 0.2) is 11.5 Å². The van der Waals surface area contributed by atoms with Gasteiger partial charge in [0, 0.05) is 25.7 Å². The molecule has 3 heterocycles. The number of hydrogen-bond acceptors (Lipinski definition) is 6. The van der Waals surface area contributed by atoms with E-state index in [1.807, 2.05) is 12.1 Å². The Morgan fingerprint density at radius 1 is 1.20 bits per heavy atom. The zero-order valence-corrected chi connectivity index (χ0v) is 14.2. The second kappa shape index (κ2) is 6.85. The number of rotatable bonds is 3. The van der Waals surface area contributed by atoms with E-state index in [4.69, 9.17) is 14.2 Å². The lowest BCUT2D eigenvalue weighted by Gasteiger charge is -2.32. The highest BCUT2D eigenvalue weighted by Gasteiger charge is 2.24. The van der Waals surface area contributed by atoms with Crippen molar-refractivity contribution in [1.29, 1.82) is 0 Å². The largest absolute Gasteiger partial charge is 0.486 e. The summed E-state index contributed by atoms with van der Waals surface area (Å²) in [4.78, 5) is 21.1. The van der Waals surface area contributed by atoms with E-state index in [-0.39, 0.29) is 11.7 Å². The predicted molar refractivity (Wildman–Crippen MR) is 91.0 cm³/mol. The molecule has 0 amide bonds. The summed E-state index contributed by atoms with van der Waals surface area (Å²) in [5.74, 6) is 2.22. The van der Waals surface area contributed by atoms with Crippen LogP contribution >= 0.6 is 0 Å². The Hall–Kier alpha value is -2.38. The van der Waals surface area contributed by atoms with Crippen LogP contribution in [0.4, 0.5) is 0 Å². The van der Waals surface area contributed by atoms with Gasteiger partial charge < -0.3 is 19.2 Å². The van der Waals surface area contributed by atoms with Crippen molar-refractivity contribution in [3.8, 4) is 11.5 Å². The van der Waals surface area contributed by atoms with Gasteiger partial charge in [0.2, 0.25) is 0 Å². The molecule has 0 radical (unpaired) electrons. The van der Waals surface area contributed by atoms with Crippen molar-refractivity contribution in [1.82, 2.24) is 14.9 Å². The van der Waals surface area contributed by atoms with Crippen molar-refractivity contribution in [2.75, 3.05) is 32.9 Å². The van der Waals surface area contributed by atoms with Crippen molar-refractivity contribution in [2.45, 2.75) is 19.6 Å². The van der Waals surface area contributed by atoms with Crippen molar-refractivity contribution in [3.05, 3.63) is 51.7 Å². The molecule has 4 rings (SSSR count). The number of benzene rings is 1. The molecule has 2 aromatic rings. The van der Waals surface area contributed by atoms with Crippen molar-refractivity contribution in [3.63, 3.8) is 0 Å². The molecule has 2 aliphatic heterocycles. The quantitative estimate of drug-likeness (QED) is 0.908.